The average molecular weight is 349 g/mol. The van der Waals surface area contributed by atoms with E-state index >= 15 is 0 Å². The first kappa shape index (κ1) is 15.5. The van der Waals surface area contributed by atoms with Crippen molar-refractivity contribution in [3.8, 4) is 17.1 Å². The Balaban J connectivity index is 1.91. The highest BCUT2D eigenvalue weighted by Crippen LogP contribution is 2.20. The van der Waals surface area contributed by atoms with Gasteiger partial charge in [0.15, 0.2) is 5.82 Å². The number of benzene rings is 2. The van der Waals surface area contributed by atoms with E-state index < -0.39 is 0 Å². The van der Waals surface area contributed by atoms with E-state index in [1.54, 1.807) is 11.5 Å². The minimum atomic E-state index is -0.119. The number of ether oxygens (including phenoxy) is 1. The number of rotatable bonds is 3. The second-order valence-electron chi connectivity index (χ2n) is 5.67. The smallest absolute Gasteiger partial charge is 0.276 e. The van der Waals surface area contributed by atoms with Crippen LogP contribution in [0.25, 0.3) is 22.4 Å². The van der Waals surface area contributed by atoms with Crippen LogP contribution in [0.2, 0.25) is 0 Å². The third-order valence-electron chi connectivity index (χ3n) is 3.98. The number of aromatic nitrogens is 3. The van der Waals surface area contributed by atoms with Crippen LogP contribution in [0.4, 0.5) is 0 Å². The van der Waals surface area contributed by atoms with Gasteiger partial charge in [0.05, 0.1) is 11.6 Å². The average Bonchev–Trinajstić information content (AvgIpc) is 3.17. The molecule has 5 nitrogen and oxygen atoms in total. The van der Waals surface area contributed by atoms with E-state index in [1.165, 1.54) is 11.3 Å². The number of aryl methyl sites for hydroxylation is 1. The normalized spacial score (nSPS) is 12.0. The largest absolute Gasteiger partial charge is 0.496 e. The Bertz CT molecular complexity index is 1160. The zero-order valence-electron chi connectivity index (χ0n) is 13.8. The number of fused-ring (bicyclic) bond motifs is 1. The number of thiazole rings is 1. The lowest BCUT2D eigenvalue weighted by molar-refractivity contribution is 0.414. The SMILES string of the molecule is COc1ccccc1/C=c1/sc2nnc(-c3ccc(C)cc3)n2c1=O. The van der Waals surface area contributed by atoms with Gasteiger partial charge in [0.2, 0.25) is 4.96 Å². The topological polar surface area (TPSA) is 56.5 Å². The van der Waals surface area contributed by atoms with Gasteiger partial charge in [0.1, 0.15) is 5.75 Å². The maximum Gasteiger partial charge on any atom is 0.276 e. The molecule has 2 heterocycles. The molecule has 4 rings (SSSR count). The Morgan fingerprint density at radius 2 is 1.84 bits per heavy atom. The zero-order chi connectivity index (χ0) is 17.4. The molecule has 0 atom stereocenters. The number of hydrogen-bond donors (Lipinski definition) is 0. The molecule has 6 heteroatoms. The molecule has 0 aliphatic heterocycles. The number of hydrogen-bond acceptors (Lipinski definition) is 5. The van der Waals surface area contributed by atoms with Crippen LogP contribution in [0.15, 0.2) is 53.3 Å². The molecule has 0 radical (unpaired) electrons. The Morgan fingerprint density at radius 1 is 1.08 bits per heavy atom. The van der Waals surface area contributed by atoms with Crippen molar-refractivity contribution in [2.24, 2.45) is 0 Å². The number of methoxy groups -OCH3 is 1. The second kappa shape index (κ2) is 6.14. The highest BCUT2D eigenvalue weighted by atomic mass is 32.1. The summed E-state index contributed by atoms with van der Waals surface area (Å²) in [6, 6.07) is 15.5. The molecule has 0 saturated heterocycles. The molecule has 0 amide bonds. The van der Waals surface area contributed by atoms with Crippen molar-refractivity contribution >= 4 is 22.4 Å². The molecule has 124 valence electrons. The van der Waals surface area contributed by atoms with E-state index in [1.807, 2.05) is 61.5 Å². The molecule has 0 bridgehead atoms. The predicted octanol–water partition coefficient (Wildman–Crippen LogP) is 2.68. The molecule has 0 fully saturated rings. The van der Waals surface area contributed by atoms with Crippen molar-refractivity contribution in [1.29, 1.82) is 0 Å². The molecule has 25 heavy (non-hydrogen) atoms. The minimum Gasteiger partial charge on any atom is -0.496 e. The van der Waals surface area contributed by atoms with Crippen molar-refractivity contribution in [3.63, 3.8) is 0 Å². The summed E-state index contributed by atoms with van der Waals surface area (Å²) in [6.45, 7) is 2.02. The van der Waals surface area contributed by atoms with E-state index in [0.717, 1.165) is 22.4 Å². The van der Waals surface area contributed by atoms with E-state index in [4.69, 9.17) is 4.74 Å². The van der Waals surface area contributed by atoms with Gasteiger partial charge in [-0.2, -0.15) is 0 Å². The summed E-state index contributed by atoms with van der Waals surface area (Å²) in [5.41, 5.74) is 2.77. The molecule has 2 aromatic carbocycles. The first-order chi connectivity index (χ1) is 12.2. The van der Waals surface area contributed by atoms with Crippen LogP contribution in [-0.4, -0.2) is 21.7 Å². The summed E-state index contributed by atoms with van der Waals surface area (Å²) in [4.78, 5) is 13.5. The van der Waals surface area contributed by atoms with Gasteiger partial charge in [-0.15, -0.1) is 10.2 Å². The first-order valence-electron chi connectivity index (χ1n) is 7.77. The summed E-state index contributed by atoms with van der Waals surface area (Å²) in [5.74, 6) is 1.29. The Hall–Kier alpha value is -2.99. The lowest BCUT2D eigenvalue weighted by atomic mass is 10.1. The molecule has 4 aromatic rings. The van der Waals surface area contributed by atoms with E-state index in [-0.39, 0.29) is 5.56 Å². The number of nitrogens with zero attached hydrogens (tertiary/aromatic N) is 3. The van der Waals surface area contributed by atoms with Crippen LogP contribution in [0.3, 0.4) is 0 Å². The molecular formula is C19H15N3O2S. The van der Waals surface area contributed by atoms with Gasteiger partial charge < -0.3 is 4.74 Å². The van der Waals surface area contributed by atoms with Crippen molar-refractivity contribution in [1.82, 2.24) is 14.6 Å². The highest BCUT2D eigenvalue weighted by Gasteiger charge is 2.14. The van der Waals surface area contributed by atoms with Gasteiger partial charge in [-0.1, -0.05) is 59.4 Å². The lowest BCUT2D eigenvalue weighted by Gasteiger charge is -2.02. The van der Waals surface area contributed by atoms with Crippen molar-refractivity contribution in [2.75, 3.05) is 7.11 Å². The van der Waals surface area contributed by atoms with Crippen molar-refractivity contribution < 1.29 is 4.74 Å². The lowest BCUT2D eigenvalue weighted by Crippen LogP contribution is -2.23. The Kier molecular flexibility index (Phi) is 3.82. The summed E-state index contributed by atoms with van der Waals surface area (Å²) >= 11 is 1.32. The van der Waals surface area contributed by atoms with Gasteiger partial charge >= 0.3 is 0 Å². The molecule has 0 N–H and O–H groups in total. The molecule has 0 aliphatic carbocycles. The van der Waals surface area contributed by atoms with Gasteiger partial charge in [-0.05, 0) is 19.1 Å². The molecule has 2 aromatic heterocycles. The van der Waals surface area contributed by atoms with Crippen molar-refractivity contribution in [2.45, 2.75) is 6.92 Å². The van der Waals surface area contributed by atoms with Crippen LogP contribution in [-0.2, 0) is 0 Å². The Morgan fingerprint density at radius 3 is 2.60 bits per heavy atom. The van der Waals surface area contributed by atoms with Gasteiger partial charge in [-0.25, -0.2) is 4.40 Å². The summed E-state index contributed by atoms with van der Waals surface area (Å²) in [7, 11) is 1.62. The molecule has 0 saturated carbocycles. The number of para-hydroxylation sites is 1. The fourth-order valence-electron chi connectivity index (χ4n) is 2.68. The fourth-order valence-corrected chi connectivity index (χ4v) is 3.58. The second-order valence-corrected chi connectivity index (χ2v) is 6.67. The molecule has 0 spiro atoms. The third kappa shape index (κ3) is 2.70. The van der Waals surface area contributed by atoms with E-state index in [2.05, 4.69) is 10.2 Å². The van der Waals surface area contributed by atoms with Gasteiger partial charge in [0.25, 0.3) is 5.56 Å². The zero-order valence-corrected chi connectivity index (χ0v) is 14.6. The van der Waals surface area contributed by atoms with Gasteiger partial charge in [0, 0.05) is 11.1 Å². The summed E-state index contributed by atoms with van der Waals surface area (Å²) < 4.78 is 7.52. The van der Waals surface area contributed by atoms with Gasteiger partial charge in [-0.3, -0.25) is 4.79 Å². The highest BCUT2D eigenvalue weighted by molar-refractivity contribution is 7.15. The fraction of sp³-hybridized carbons (Fsp3) is 0.105. The molecule has 0 unspecified atom stereocenters. The minimum absolute atomic E-state index is 0.119. The van der Waals surface area contributed by atoms with Crippen LogP contribution < -0.4 is 14.8 Å². The summed E-state index contributed by atoms with van der Waals surface area (Å²) in [6.07, 6.45) is 1.83. The van der Waals surface area contributed by atoms with Crippen molar-refractivity contribution in [3.05, 3.63) is 74.5 Å². The quantitative estimate of drug-likeness (QED) is 0.571. The van der Waals surface area contributed by atoms with Crippen LogP contribution in [0.5, 0.6) is 5.75 Å². The maximum absolute atomic E-state index is 12.9. The summed E-state index contributed by atoms with van der Waals surface area (Å²) in [5, 5.41) is 8.35. The maximum atomic E-state index is 12.9. The van der Waals surface area contributed by atoms with E-state index in [0.29, 0.717) is 15.3 Å². The van der Waals surface area contributed by atoms with Crippen LogP contribution >= 0.6 is 11.3 Å². The predicted molar refractivity (Wildman–Crippen MR) is 99.1 cm³/mol. The molecular weight excluding hydrogens is 334 g/mol. The first-order valence-corrected chi connectivity index (χ1v) is 8.59. The standard InChI is InChI=1S/C19H15N3O2S/c1-12-7-9-13(10-8-12)17-20-21-19-22(17)18(23)16(25-19)11-14-5-3-4-6-15(14)24-2/h3-11H,1-2H3/b16-11+. The van der Waals surface area contributed by atoms with Crippen LogP contribution in [0.1, 0.15) is 11.1 Å². The van der Waals surface area contributed by atoms with Crippen LogP contribution in [0, 0.1) is 6.92 Å². The third-order valence-corrected chi connectivity index (χ3v) is 4.94. The Labute approximate surface area is 147 Å². The molecule has 0 aliphatic rings. The monoisotopic (exact) mass is 349 g/mol. The van der Waals surface area contributed by atoms with E-state index in [9.17, 15) is 4.79 Å².